The van der Waals surface area contributed by atoms with Gasteiger partial charge in [-0.2, -0.15) is 0 Å². The molecule has 0 aliphatic carbocycles. The number of rotatable bonds is 2. The van der Waals surface area contributed by atoms with Crippen molar-refractivity contribution in [2.24, 2.45) is 0 Å². The number of H-pyrrole nitrogens is 1. The first-order chi connectivity index (χ1) is 13.0. The molecule has 140 valence electrons. The van der Waals surface area contributed by atoms with Gasteiger partial charge < -0.3 is 15.2 Å². The molecule has 1 aromatic heterocycles. The lowest BCUT2D eigenvalue weighted by molar-refractivity contribution is 0.193. The van der Waals surface area contributed by atoms with E-state index in [9.17, 15) is 9.18 Å². The average Bonchev–Trinajstić information content (AvgIpc) is 3.07. The Balaban J connectivity index is 1.41. The number of hydrogen-bond donors (Lipinski definition) is 2. The quantitative estimate of drug-likeness (QED) is 0.689. The molecule has 0 saturated carbocycles. The Morgan fingerprint density at radius 3 is 2.63 bits per heavy atom. The monoisotopic (exact) mass is 366 g/mol. The second-order valence-electron chi connectivity index (χ2n) is 7.25. The second-order valence-corrected chi connectivity index (χ2v) is 7.25. The lowest BCUT2D eigenvalue weighted by Crippen LogP contribution is -2.40. The van der Waals surface area contributed by atoms with Crippen molar-refractivity contribution in [1.82, 2.24) is 14.9 Å². The van der Waals surface area contributed by atoms with Crippen LogP contribution in [0.15, 0.2) is 36.4 Å². The van der Waals surface area contributed by atoms with Gasteiger partial charge in [-0.25, -0.2) is 14.2 Å². The minimum Gasteiger partial charge on any atom is -0.342 e. The lowest BCUT2D eigenvalue weighted by Gasteiger charge is -2.31. The van der Waals surface area contributed by atoms with Crippen LogP contribution in [0.25, 0.3) is 11.0 Å². The van der Waals surface area contributed by atoms with Crippen LogP contribution < -0.4 is 5.32 Å². The third kappa shape index (κ3) is 3.52. The number of amides is 2. The number of nitrogens with one attached hydrogen (secondary N) is 2. The molecule has 2 N–H and O–H groups in total. The number of carbonyl (C=O) groups is 1. The zero-order valence-electron chi connectivity index (χ0n) is 15.6. The first-order valence-corrected chi connectivity index (χ1v) is 9.28. The first kappa shape index (κ1) is 17.5. The maximum Gasteiger partial charge on any atom is 0.321 e. The van der Waals surface area contributed by atoms with Gasteiger partial charge >= 0.3 is 6.03 Å². The Morgan fingerprint density at radius 1 is 1.19 bits per heavy atom. The van der Waals surface area contributed by atoms with Gasteiger partial charge in [0.1, 0.15) is 11.6 Å². The normalized spacial score (nSPS) is 15.3. The van der Waals surface area contributed by atoms with Crippen LogP contribution in [0.5, 0.6) is 0 Å². The minimum atomic E-state index is -0.423. The molecule has 0 spiro atoms. The number of carbonyl (C=O) groups excluding carboxylic acids is 1. The molecule has 0 unspecified atom stereocenters. The van der Waals surface area contributed by atoms with E-state index in [-0.39, 0.29) is 11.7 Å². The Kier molecular flexibility index (Phi) is 4.56. The summed E-state index contributed by atoms with van der Waals surface area (Å²) < 4.78 is 13.7. The SMILES string of the molecule is Cc1cc2nc(C3CCN(C(=O)Nc4ccccc4F)CC3)[nH]c2cc1C. The Labute approximate surface area is 157 Å². The Hall–Kier alpha value is -2.89. The summed E-state index contributed by atoms with van der Waals surface area (Å²) >= 11 is 0. The topological polar surface area (TPSA) is 61.0 Å². The number of nitrogens with zero attached hydrogens (tertiary/aromatic N) is 2. The van der Waals surface area contributed by atoms with Crippen molar-refractivity contribution in [2.45, 2.75) is 32.6 Å². The Morgan fingerprint density at radius 2 is 1.89 bits per heavy atom. The molecule has 1 fully saturated rings. The van der Waals surface area contributed by atoms with Gasteiger partial charge in [0.15, 0.2) is 0 Å². The third-order valence-electron chi connectivity index (χ3n) is 5.40. The molecule has 2 amide bonds. The molecule has 27 heavy (non-hydrogen) atoms. The predicted octanol–water partition coefficient (Wildman–Crippen LogP) is 4.73. The summed E-state index contributed by atoms with van der Waals surface area (Å²) in [7, 11) is 0. The average molecular weight is 366 g/mol. The van der Waals surface area contributed by atoms with Crippen molar-refractivity contribution in [3.63, 3.8) is 0 Å². The van der Waals surface area contributed by atoms with Gasteiger partial charge in [0.25, 0.3) is 0 Å². The van der Waals surface area contributed by atoms with E-state index in [2.05, 4.69) is 36.3 Å². The van der Waals surface area contributed by atoms with E-state index in [1.165, 1.54) is 17.2 Å². The predicted molar refractivity (Wildman–Crippen MR) is 105 cm³/mol. The number of imidazole rings is 1. The van der Waals surface area contributed by atoms with E-state index >= 15 is 0 Å². The molecule has 2 aromatic carbocycles. The number of aromatic amines is 1. The summed E-state index contributed by atoms with van der Waals surface area (Å²) in [6.07, 6.45) is 1.67. The summed E-state index contributed by atoms with van der Waals surface area (Å²) in [6.45, 7) is 5.44. The van der Waals surface area contributed by atoms with Crippen LogP contribution >= 0.6 is 0 Å². The van der Waals surface area contributed by atoms with E-state index in [0.29, 0.717) is 19.0 Å². The number of halogens is 1. The standard InChI is InChI=1S/C21H23FN4O/c1-13-11-18-19(12-14(13)2)24-20(23-18)15-7-9-26(10-8-15)21(27)25-17-6-4-3-5-16(17)22/h3-6,11-12,15H,7-10H2,1-2H3,(H,23,24)(H,25,27). The van der Waals surface area contributed by atoms with Gasteiger partial charge in [0, 0.05) is 19.0 Å². The van der Waals surface area contributed by atoms with Gasteiger partial charge in [-0.3, -0.25) is 0 Å². The first-order valence-electron chi connectivity index (χ1n) is 9.28. The Bertz CT molecular complexity index is 950. The number of anilines is 1. The molecule has 1 aliphatic rings. The molecule has 0 bridgehead atoms. The summed E-state index contributed by atoms with van der Waals surface area (Å²) in [5.74, 6) is 0.869. The van der Waals surface area contributed by atoms with Gasteiger partial charge in [0.2, 0.25) is 0 Å². The molecule has 0 atom stereocenters. The molecule has 2 heterocycles. The van der Waals surface area contributed by atoms with Crippen molar-refractivity contribution in [3.05, 3.63) is 59.2 Å². The maximum absolute atomic E-state index is 13.7. The molecule has 4 rings (SSSR count). The molecule has 5 nitrogen and oxygen atoms in total. The van der Waals surface area contributed by atoms with E-state index < -0.39 is 5.82 Å². The van der Waals surface area contributed by atoms with Gasteiger partial charge in [-0.05, 0) is 62.1 Å². The molecule has 0 radical (unpaired) electrons. The van der Waals surface area contributed by atoms with Crippen LogP contribution in [-0.4, -0.2) is 34.0 Å². The molecular weight excluding hydrogens is 343 g/mol. The van der Waals surface area contributed by atoms with Crippen molar-refractivity contribution in [1.29, 1.82) is 0 Å². The third-order valence-corrected chi connectivity index (χ3v) is 5.40. The molecule has 6 heteroatoms. The van der Waals surface area contributed by atoms with Crippen LogP contribution in [0.3, 0.4) is 0 Å². The van der Waals surface area contributed by atoms with Crippen LogP contribution in [0.4, 0.5) is 14.9 Å². The highest BCUT2D eigenvalue weighted by Gasteiger charge is 2.26. The molecule has 1 aliphatic heterocycles. The smallest absolute Gasteiger partial charge is 0.321 e. The highest BCUT2D eigenvalue weighted by atomic mass is 19.1. The van der Waals surface area contributed by atoms with E-state index in [4.69, 9.17) is 4.98 Å². The number of urea groups is 1. The molecule has 3 aromatic rings. The lowest BCUT2D eigenvalue weighted by atomic mass is 9.96. The second kappa shape index (κ2) is 7.02. The highest BCUT2D eigenvalue weighted by Crippen LogP contribution is 2.29. The van der Waals surface area contributed by atoms with Gasteiger partial charge in [0.05, 0.1) is 16.7 Å². The maximum atomic E-state index is 13.7. The molecular formula is C21H23FN4O. The fourth-order valence-electron chi connectivity index (χ4n) is 3.60. The van der Waals surface area contributed by atoms with Gasteiger partial charge in [-0.1, -0.05) is 12.1 Å². The van der Waals surface area contributed by atoms with E-state index in [1.807, 2.05) is 0 Å². The zero-order chi connectivity index (χ0) is 19.0. The number of aryl methyl sites for hydroxylation is 2. The van der Waals surface area contributed by atoms with Crippen LogP contribution in [0.2, 0.25) is 0 Å². The van der Waals surface area contributed by atoms with Crippen LogP contribution in [-0.2, 0) is 0 Å². The summed E-state index contributed by atoms with van der Waals surface area (Å²) in [5.41, 5.74) is 4.76. The van der Waals surface area contributed by atoms with Crippen LogP contribution in [0, 0.1) is 19.7 Å². The van der Waals surface area contributed by atoms with Crippen molar-refractivity contribution < 1.29 is 9.18 Å². The highest BCUT2D eigenvalue weighted by molar-refractivity contribution is 5.89. The number of likely N-dealkylation sites (tertiary alicyclic amines) is 1. The summed E-state index contributed by atoms with van der Waals surface area (Å²) in [4.78, 5) is 22.3. The number of fused-ring (bicyclic) bond motifs is 1. The van der Waals surface area contributed by atoms with Gasteiger partial charge in [-0.15, -0.1) is 0 Å². The number of hydrogen-bond acceptors (Lipinski definition) is 2. The largest absolute Gasteiger partial charge is 0.342 e. The number of piperidine rings is 1. The van der Waals surface area contributed by atoms with Crippen molar-refractivity contribution in [3.8, 4) is 0 Å². The zero-order valence-corrected chi connectivity index (χ0v) is 15.6. The van der Waals surface area contributed by atoms with E-state index in [0.717, 1.165) is 29.7 Å². The van der Waals surface area contributed by atoms with Crippen molar-refractivity contribution >= 4 is 22.8 Å². The number of benzene rings is 2. The number of aromatic nitrogens is 2. The summed E-state index contributed by atoms with van der Waals surface area (Å²) in [5, 5.41) is 2.66. The molecule has 1 saturated heterocycles. The minimum absolute atomic E-state index is 0.215. The fraction of sp³-hybridized carbons (Fsp3) is 0.333. The number of para-hydroxylation sites is 1. The van der Waals surface area contributed by atoms with E-state index in [1.54, 1.807) is 23.1 Å². The van der Waals surface area contributed by atoms with Crippen molar-refractivity contribution in [2.75, 3.05) is 18.4 Å². The fourth-order valence-corrected chi connectivity index (χ4v) is 3.60. The van der Waals surface area contributed by atoms with Crippen LogP contribution in [0.1, 0.15) is 35.7 Å². The summed E-state index contributed by atoms with van der Waals surface area (Å²) in [6, 6.07) is 10.2.